The number of fused-ring (bicyclic) bond motifs is 1. The van der Waals surface area contributed by atoms with Crippen LogP contribution in [0.4, 0.5) is 0 Å². The Hall–Kier alpha value is -2.18. The van der Waals surface area contributed by atoms with Gasteiger partial charge in [0, 0.05) is 22.5 Å². The smallest absolute Gasteiger partial charge is 0.307 e. The molecular formula is C17H15ClN2O3S. The van der Waals surface area contributed by atoms with Crippen LogP contribution in [0.15, 0.2) is 40.8 Å². The molecule has 0 bridgehead atoms. The molecule has 0 aliphatic carbocycles. The van der Waals surface area contributed by atoms with E-state index in [1.807, 2.05) is 17.5 Å². The lowest BCUT2D eigenvalue weighted by Gasteiger charge is -2.06. The molecule has 3 aromatic rings. The first-order valence-corrected chi connectivity index (χ1v) is 8.74. The van der Waals surface area contributed by atoms with Crippen molar-refractivity contribution in [1.82, 2.24) is 9.55 Å². The van der Waals surface area contributed by atoms with E-state index in [1.54, 1.807) is 19.1 Å². The van der Waals surface area contributed by atoms with Crippen LogP contribution in [0.5, 0.6) is 0 Å². The van der Waals surface area contributed by atoms with Crippen LogP contribution in [0.1, 0.15) is 13.3 Å². The first kappa shape index (κ1) is 16.7. The normalized spacial score (nSPS) is 10.9. The van der Waals surface area contributed by atoms with Crippen LogP contribution < -0.4 is 5.56 Å². The van der Waals surface area contributed by atoms with E-state index < -0.39 is 0 Å². The quantitative estimate of drug-likeness (QED) is 0.649. The summed E-state index contributed by atoms with van der Waals surface area (Å²) in [7, 11) is 0. The fourth-order valence-electron chi connectivity index (χ4n) is 2.41. The van der Waals surface area contributed by atoms with Gasteiger partial charge in [-0.1, -0.05) is 23.7 Å². The molecule has 0 aliphatic rings. The standard InChI is InChI=1S/C17H15ClN2O3S/c1-2-23-14(21)7-8-20-10-19-16-15(17(20)22)13(9-24-16)11-3-5-12(18)6-4-11/h3-6,9-10H,2,7-8H2,1H3. The molecule has 2 heterocycles. The van der Waals surface area contributed by atoms with Crippen LogP contribution >= 0.6 is 22.9 Å². The molecule has 0 amide bonds. The highest BCUT2D eigenvalue weighted by atomic mass is 35.5. The molecule has 0 spiro atoms. The number of thiophene rings is 1. The fraction of sp³-hybridized carbons (Fsp3) is 0.235. The zero-order valence-electron chi connectivity index (χ0n) is 13.0. The number of esters is 1. The number of rotatable bonds is 5. The molecule has 24 heavy (non-hydrogen) atoms. The monoisotopic (exact) mass is 362 g/mol. The van der Waals surface area contributed by atoms with Crippen molar-refractivity contribution in [2.45, 2.75) is 19.9 Å². The maximum atomic E-state index is 12.8. The lowest BCUT2D eigenvalue weighted by atomic mass is 10.1. The number of aryl methyl sites for hydroxylation is 1. The zero-order chi connectivity index (χ0) is 17.1. The fourth-order valence-corrected chi connectivity index (χ4v) is 3.45. The van der Waals surface area contributed by atoms with E-state index >= 15 is 0 Å². The number of hydrogen-bond donors (Lipinski definition) is 0. The number of benzene rings is 1. The topological polar surface area (TPSA) is 61.2 Å². The van der Waals surface area contributed by atoms with E-state index in [0.717, 1.165) is 11.1 Å². The van der Waals surface area contributed by atoms with Gasteiger partial charge in [-0.25, -0.2) is 4.98 Å². The van der Waals surface area contributed by atoms with Crippen molar-refractivity contribution in [1.29, 1.82) is 0 Å². The third-order valence-corrected chi connectivity index (χ3v) is 4.72. The minimum absolute atomic E-state index is 0.140. The first-order valence-electron chi connectivity index (χ1n) is 7.48. The van der Waals surface area contributed by atoms with Gasteiger partial charge in [0.25, 0.3) is 5.56 Å². The number of hydrogen-bond acceptors (Lipinski definition) is 5. The summed E-state index contributed by atoms with van der Waals surface area (Å²) in [6.45, 7) is 2.33. The highest BCUT2D eigenvalue weighted by Crippen LogP contribution is 2.31. The number of nitrogens with zero attached hydrogens (tertiary/aromatic N) is 2. The number of ether oxygens (including phenoxy) is 1. The molecule has 0 fully saturated rings. The number of halogens is 1. The zero-order valence-corrected chi connectivity index (χ0v) is 14.6. The highest BCUT2D eigenvalue weighted by Gasteiger charge is 2.14. The van der Waals surface area contributed by atoms with Gasteiger partial charge in [0.2, 0.25) is 0 Å². The van der Waals surface area contributed by atoms with Gasteiger partial charge in [-0.3, -0.25) is 14.2 Å². The summed E-state index contributed by atoms with van der Waals surface area (Å²) in [5.74, 6) is -0.326. The molecule has 0 saturated heterocycles. The number of aromatic nitrogens is 2. The maximum absolute atomic E-state index is 12.8. The molecule has 0 aliphatic heterocycles. The molecule has 0 saturated carbocycles. The van der Waals surface area contributed by atoms with Crippen molar-refractivity contribution < 1.29 is 9.53 Å². The van der Waals surface area contributed by atoms with E-state index in [-0.39, 0.29) is 24.5 Å². The third-order valence-electron chi connectivity index (χ3n) is 3.58. The van der Waals surface area contributed by atoms with E-state index in [4.69, 9.17) is 16.3 Å². The number of carbonyl (C=O) groups is 1. The van der Waals surface area contributed by atoms with Gasteiger partial charge >= 0.3 is 5.97 Å². The van der Waals surface area contributed by atoms with Gasteiger partial charge in [-0.05, 0) is 24.6 Å². The highest BCUT2D eigenvalue weighted by molar-refractivity contribution is 7.17. The SMILES string of the molecule is CCOC(=O)CCn1cnc2scc(-c3ccc(Cl)cc3)c2c1=O. The Bertz CT molecular complexity index is 931. The van der Waals surface area contributed by atoms with Gasteiger partial charge < -0.3 is 4.74 Å². The Kier molecular flexibility index (Phi) is 4.97. The lowest BCUT2D eigenvalue weighted by molar-refractivity contribution is -0.143. The predicted molar refractivity (Wildman–Crippen MR) is 95.6 cm³/mol. The van der Waals surface area contributed by atoms with Gasteiger partial charge in [-0.15, -0.1) is 11.3 Å². The molecule has 3 rings (SSSR count). The predicted octanol–water partition coefficient (Wildman–Crippen LogP) is 3.73. The van der Waals surface area contributed by atoms with Crippen LogP contribution in [0, 0.1) is 0 Å². The average Bonchev–Trinajstić information content (AvgIpc) is 3.00. The van der Waals surface area contributed by atoms with Crippen LogP contribution in [-0.4, -0.2) is 22.1 Å². The van der Waals surface area contributed by atoms with Crippen molar-refractivity contribution >= 4 is 39.1 Å². The Morgan fingerprint density at radius 2 is 2.08 bits per heavy atom. The first-order chi connectivity index (χ1) is 11.6. The van der Waals surface area contributed by atoms with E-state index in [2.05, 4.69) is 4.98 Å². The molecule has 1 aromatic carbocycles. The summed E-state index contributed by atoms with van der Waals surface area (Å²) in [5, 5.41) is 3.12. The molecule has 0 radical (unpaired) electrons. The molecular weight excluding hydrogens is 348 g/mol. The summed E-state index contributed by atoms with van der Waals surface area (Å²) in [6.07, 6.45) is 1.62. The molecule has 5 nitrogen and oxygen atoms in total. The van der Waals surface area contributed by atoms with Gasteiger partial charge in [-0.2, -0.15) is 0 Å². The van der Waals surface area contributed by atoms with E-state index in [0.29, 0.717) is 21.8 Å². The average molecular weight is 363 g/mol. The number of carbonyl (C=O) groups excluding carboxylic acids is 1. The van der Waals surface area contributed by atoms with Crippen molar-refractivity contribution in [2.24, 2.45) is 0 Å². The molecule has 124 valence electrons. The minimum atomic E-state index is -0.326. The Morgan fingerprint density at radius 3 is 2.79 bits per heavy atom. The second-order valence-corrected chi connectivity index (χ2v) is 6.43. The second kappa shape index (κ2) is 7.15. The largest absolute Gasteiger partial charge is 0.466 e. The van der Waals surface area contributed by atoms with Gasteiger partial charge in [0.1, 0.15) is 4.83 Å². The van der Waals surface area contributed by atoms with Crippen molar-refractivity contribution in [3.63, 3.8) is 0 Å². The van der Waals surface area contributed by atoms with Crippen molar-refractivity contribution in [3.05, 3.63) is 51.3 Å². The Balaban J connectivity index is 1.98. The molecule has 0 unspecified atom stereocenters. The summed E-state index contributed by atoms with van der Waals surface area (Å²) < 4.78 is 6.34. The molecule has 0 N–H and O–H groups in total. The van der Waals surface area contributed by atoms with Crippen molar-refractivity contribution in [2.75, 3.05) is 6.61 Å². The summed E-state index contributed by atoms with van der Waals surface area (Å²) >= 11 is 7.34. The van der Waals surface area contributed by atoms with Crippen LogP contribution in [0.3, 0.4) is 0 Å². The van der Waals surface area contributed by atoms with Crippen LogP contribution in [-0.2, 0) is 16.1 Å². The second-order valence-electron chi connectivity index (χ2n) is 5.13. The third kappa shape index (κ3) is 3.34. The Morgan fingerprint density at radius 1 is 1.33 bits per heavy atom. The summed E-state index contributed by atoms with van der Waals surface area (Å²) in [5.41, 5.74) is 1.58. The van der Waals surface area contributed by atoms with Crippen LogP contribution in [0.2, 0.25) is 5.02 Å². The summed E-state index contributed by atoms with van der Waals surface area (Å²) in [4.78, 5) is 29.3. The Labute approximate surface area is 147 Å². The molecule has 0 atom stereocenters. The maximum Gasteiger partial charge on any atom is 0.307 e. The van der Waals surface area contributed by atoms with E-state index in [9.17, 15) is 9.59 Å². The summed E-state index contributed by atoms with van der Waals surface area (Å²) in [6, 6.07) is 7.32. The van der Waals surface area contributed by atoms with E-state index in [1.165, 1.54) is 22.2 Å². The molecule has 2 aromatic heterocycles. The van der Waals surface area contributed by atoms with Gasteiger partial charge in [0.15, 0.2) is 0 Å². The van der Waals surface area contributed by atoms with Crippen molar-refractivity contribution in [3.8, 4) is 11.1 Å². The molecule has 7 heteroatoms. The lowest BCUT2D eigenvalue weighted by Crippen LogP contribution is -2.22. The minimum Gasteiger partial charge on any atom is -0.466 e. The van der Waals surface area contributed by atoms with Gasteiger partial charge in [0.05, 0.1) is 24.7 Å². The van der Waals surface area contributed by atoms with Crippen LogP contribution in [0.25, 0.3) is 21.3 Å².